The number of hydrogen-bond acceptors (Lipinski definition) is 3. The van der Waals surface area contributed by atoms with Crippen molar-refractivity contribution in [2.45, 2.75) is 18.3 Å². The summed E-state index contributed by atoms with van der Waals surface area (Å²) in [4.78, 5) is 10.4. The van der Waals surface area contributed by atoms with E-state index in [9.17, 15) is 0 Å². The third-order valence-corrected chi connectivity index (χ3v) is 12.5. The molecule has 12 rings (SSSR count). The van der Waals surface area contributed by atoms with Crippen LogP contribution in [0.25, 0.3) is 67.3 Å². The van der Waals surface area contributed by atoms with Crippen LogP contribution in [0.15, 0.2) is 188 Å². The SMILES string of the molecule is C1=C(c2cc(-c3ccc(-c4cccc5c4Oc4ccccc4C54c5ccccc5-c5ccccc54)cc3)nc(-c3ccccc3)n2)CCc2c1ccc1ccccc21. The van der Waals surface area contributed by atoms with Crippen LogP contribution >= 0.6 is 0 Å². The van der Waals surface area contributed by atoms with E-state index >= 15 is 0 Å². The third kappa shape index (κ3) is 4.86. The maximum Gasteiger partial charge on any atom is 0.160 e. The number of allylic oxidation sites excluding steroid dienone is 1. The molecule has 3 heteroatoms. The van der Waals surface area contributed by atoms with Crippen LogP contribution in [0.1, 0.15) is 45.5 Å². The van der Waals surface area contributed by atoms with E-state index in [0.29, 0.717) is 0 Å². The summed E-state index contributed by atoms with van der Waals surface area (Å²) in [5, 5.41) is 2.63. The number of hydrogen-bond donors (Lipinski definition) is 0. The minimum absolute atomic E-state index is 0.500. The van der Waals surface area contributed by atoms with Crippen LogP contribution in [-0.4, -0.2) is 9.97 Å². The molecule has 8 aromatic carbocycles. The smallest absolute Gasteiger partial charge is 0.160 e. The van der Waals surface area contributed by atoms with Gasteiger partial charge in [0.25, 0.3) is 0 Å². The second-order valence-electron chi connectivity index (χ2n) is 15.6. The predicted octanol–water partition coefficient (Wildman–Crippen LogP) is 13.6. The van der Waals surface area contributed by atoms with Gasteiger partial charge in [-0.3, -0.25) is 0 Å². The summed E-state index contributed by atoms with van der Waals surface area (Å²) in [6.07, 6.45) is 4.23. The maximum absolute atomic E-state index is 6.96. The van der Waals surface area contributed by atoms with E-state index in [-0.39, 0.29) is 0 Å². The zero-order valence-corrected chi connectivity index (χ0v) is 31.7. The zero-order chi connectivity index (χ0) is 38.2. The molecule has 58 heavy (non-hydrogen) atoms. The Morgan fingerprint density at radius 3 is 1.90 bits per heavy atom. The molecule has 0 unspecified atom stereocenters. The van der Waals surface area contributed by atoms with Crippen LogP contribution in [-0.2, 0) is 11.8 Å². The number of ether oxygens (including phenoxy) is 1. The quantitative estimate of drug-likeness (QED) is 0.180. The Morgan fingerprint density at radius 1 is 0.448 bits per heavy atom. The summed E-state index contributed by atoms with van der Waals surface area (Å²) < 4.78 is 6.96. The van der Waals surface area contributed by atoms with E-state index in [0.717, 1.165) is 69.4 Å². The van der Waals surface area contributed by atoms with Crippen molar-refractivity contribution >= 4 is 22.4 Å². The fourth-order valence-electron chi connectivity index (χ4n) is 9.89. The predicted molar refractivity (Wildman–Crippen MR) is 236 cm³/mol. The van der Waals surface area contributed by atoms with E-state index in [1.165, 1.54) is 55.3 Å². The highest BCUT2D eigenvalue weighted by atomic mass is 16.5. The minimum Gasteiger partial charge on any atom is -0.456 e. The number of benzene rings is 8. The zero-order valence-electron chi connectivity index (χ0n) is 31.7. The Balaban J connectivity index is 0.978. The number of aryl methyl sites for hydroxylation is 1. The van der Waals surface area contributed by atoms with Crippen molar-refractivity contribution in [1.82, 2.24) is 9.97 Å². The molecule has 2 heterocycles. The van der Waals surface area contributed by atoms with Gasteiger partial charge >= 0.3 is 0 Å². The average Bonchev–Trinajstić information content (AvgIpc) is 3.59. The molecule has 0 N–H and O–H groups in total. The van der Waals surface area contributed by atoms with Gasteiger partial charge in [0.05, 0.1) is 16.8 Å². The van der Waals surface area contributed by atoms with Crippen molar-refractivity contribution in [2.24, 2.45) is 0 Å². The molecule has 3 nitrogen and oxygen atoms in total. The molecule has 2 aliphatic carbocycles. The van der Waals surface area contributed by atoms with Gasteiger partial charge in [0, 0.05) is 27.8 Å². The molecule has 1 spiro atoms. The van der Waals surface area contributed by atoms with E-state index < -0.39 is 5.41 Å². The Labute approximate surface area is 337 Å². The molecule has 9 aromatic rings. The lowest BCUT2D eigenvalue weighted by Crippen LogP contribution is -2.32. The lowest BCUT2D eigenvalue weighted by Gasteiger charge is -2.40. The van der Waals surface area contributed by atoms with Crippen molar-refractivity contribution in [3.05, 3.63) is 227 Å². The first kappa shape index (κ1) is 32.8. The highest BCUT2D eigenvalue weighted by Gasteiger charge is 2.51. The van der Waals surface area contributed by atoms with Gasteiger partial charge in [0.2, 0.25) is 0 Å². The molecular formula is C55H36N2O. The standard InChI is InChI=1S/C55H36N2O/c1-2-14-38(15-3-1)54-56-50(34-51(57-54)40-31-32-42-39(33-40)30-27-35-13-4-5-16-41(35)42)37-28-25-36(26-29-37)43-19-12-23-49-53(43)58-52-24-11-10-22-48(52)55(49)46-20-8-6-17-44(46)45-18-7-9-21-47(45)55/h1-30,33-34H,31-32H2. The number of nitrogens with zero attached hydrogens (tertiary/aromatic N) is 2. The van der Waals surface area contributed by atoms with E-state index in [4.69, 9.17) is 14.7 Å². The monoisotopic (exact) mass is 740 g/mol. The summed E-state index contributed by atoms with van der Waals surface area (Å²) in [5.74, 6) is 2.52. The summed E-state index contributed by atoms with van der Waals surface area (Å²) in [7, 11) is 0. The van der Waals surface area contributed by atoms with Crippen molar-refractivity contribution in [2.75, 3.05) is 0 Å². The van der Waals surface area contributed by atoms with E-state index in [2.05, 4.69) is 188 Å². The molecule has 3 aliphatic rings. The highest BCUT2D eigenvalue weighted by molar-refractivity contribution is 5.94. The number of fused-ring (bicyclic) bond motifs is 12. The summed E-state index contributed by atoms with van der Waals surface area (Å²) in [5.41, 5.74) is 16.9. The Bertz CT molecular complexity index is 3100. The van der Waals surface area contributed by atoms with Crippen molar-refractivity contribution < 1.29 is 4.74 Å². The molecule has 0 amide bonds. The number of aromatic nitrogens is 2. The van der Waals surface area contributed by atoms with Crippen LogP contribution in [0.3, 0.4) is 0 Å². The minimum atomic E-state index is -0.500. The first-order chi connectivity index (χ1) is 28.7. The number of rotatable bonds is 4. The van der Waals surface area contributed by atoms with E-state index in [1.807, 2.05) is 6.07 Å². The van der Waals surface area contributed by atoms with Gasteiger partial charge in [-0.1, -0.05) is 176 Å². The lowest BCUT2D eigenvalue weighted by molar-refractivity contribution is 0.438. The van der Waals surface area contributed by atoms with Gasteiger partial charge in [-0.15, -0.1) is 0 Å². The molecule has 272 valence electrons. The molecular weight excluding hydrogens is 705 g/mol. The van der Waals surface area contributed by atoms with Gasteiger partial charge in [-0.25, -0.2) is 9.97 Å². The second kappa shape index (κ2) is 12.8. The van der Waals surface area contributed by atoms with Gasteiger partial charge in [0.15, 0.2) is 5.82 Å². The fraction of sp³-hybridized carbons (Fsp3) is 0.0545. The van der Waals surface area contributed by atoms with Crippen LogP contribution in [0.4, 0.5) is 0 Å². The van der Waals surface area contributed by atoms with Crippen LogP contribution in [0, 0.1) is 0 Å². The van der Waals surface area contributed by atoms with Crippen molar-refractivity contribution in [3.8, 4) is 56.4 Å². The molecule has 1 aromatic heterocycles. The molecule has 0 fully saturated rings. The summed E-state index contributed by atoms with van der Waals surface area (Å²) in [6, 6.07) is 67.4. The summed E-state index contributed by atoms with van der Waals surface area (Å²) >= 11 is 0. The van der Waals surface area contributed by atoms with Crippen LogP contribution < -0.4 is 4.74 Å². The van der Waals surface area contributed by atoms with Crippen molar-refractivity contribution in [3.63, 3.8) is 0 Å². The second-order valence-corrected chi connectivity index (χ2v) is 15.6. The Kier molecular flexibility index (Phi) is 7.27. The first-order valence-electron chi connectivity index (χ1n) is 20.1. The molecule has 0 bridgehead atoms. The average molecular weight is 741 g/mol. The van der Waals surface area contributed by atoms with Gasteiger partial charge in [-0.2, -0.15) is 0 Å². The molecule has 0 atom stereocenters. The van der Waals surface area contributed by atoms with Crippen molar-refractivity contribution in [1.29, 1.82) is 0 Å². The topological polar surface area (TPSA) is 35.0 Å². The maximum atomic E-state index is 6.96. The molecule has 1 aliphatic heterocycles. The largest absolute Gasteiger partial charge is 0.456 e. The van der Waals surface area contributed by atoms with E-state index in [1.54, 1.807) is 0 Å². The van der Waals surface area contributed by atoms with Gasteiger partial charge < -0.3 is 4.74 Å². The fourth-order valence-corrected chi connectivity index (χ4v) is 9.89. The highest BCUT2D eigenvalue weighted by Crippen LogP contribution is 2.63. The Morgan fingerprint density at radius 2 is 1.09 bits per heavy atom. The van der Waals surface area contributed by atoms with Gasteiger partial charge in [-0.05, 0) is 86.3 Å². The Hall–Kier alpha value is -7.36. The van der Waals surface area contributed by atoms with Gasteiger partial charge in [0.1, 0.15) is 11.5 Å². The van der Waals surface area contributed by atoms with Crippen LogP contribution in [0.2, 0.25) is 0 Å². The normalized spacial score (nSPS) is 14.1. The first-order valence-corrected chi connectivity index (χ1v) is 20.1. The molecule has 0 saturated carbocycles. The van der Waals surface area contributed by atoms with Crippen LogP contribution in [0.5, 0.6) is 11.5 Å². The molecule has 0 saturated heterocycles. The third-order valence-electron chi connectivity index (χ3n) is 12.5. The number of para-hydroxylation sites is 2. The molecule has 0 radical (unpaired) electrons. The summed E-state index contributed by atoms with van der Waals surface area (Å²) in [6.45, 7) is 0. The lowest BCUT2D eigenvalue weighted by atomic mass is 9.65.